The molecule has 21 heavy (non-hydrogen) atoms. The van der Waals surface area contributed by atoms with Crippen molar-refractivity contribution >= 4 is 16.7 Å². The molecule has 1 N–H and O–H groups in total. The van der Waals surface area contributed by atoms with Crippen LogP contribution in [-0.4, -0.2) is 16.5 Å². The third-order valence-electron chi connectivity index (χ3n) is 3.23. The van der Waals surface area contributed by atoms with Crippen LogP contribution in [0, 0.1) is 11.6 Å². The van der Waals surface area contributed by atoms with Crippen LogP contribution >= 0.6 is 0 Å². The Labute approximate surface area is 120 Å². The van der Waals surface area contributed by atoms with Crippen LogP contribution < -0.4 is 5.32 Å². The Bertz CT molecular complexity index is 752. The minimum absolute atomic E-state index is 0.254. The minimum atomic E-state index is -0.350. The molecule has 0 amide bonds. The number of fused-ring (bicyclic) bond motifs is 1. The van der Waals surface area contributed by atoms with Gasteiger partial charge in [-0.2, -0.15) is 0 Å². The molecule has 0 radical (unpaired) electrons. The number of nitrogens with zero attached hydrogens (tertiary/aromatic N) is 2. The Morgan fingerprint density at radius 1 is 0.952 bits per heavy atom. The predicted molar refractivity (Wildman–Crippen MR) is 78.1 cm³/mol. The van der Waals surface area contributed by atoms with E-state index in [1.54, 1.807) is 24.3 Å². The SMILES string of the molecule is Fc1ccc(CCNc2ncnc3cccc(F)c23)cc1. The molecular weight excluding hydrogens is 272 g/mol. The Balaban J connectivity index is 1.75. The van der Waals surface area contributed by atoms with Gasteiger partial charge in [0.25, 0.3) is 0 Å². The Kier molecular flexibility index (Phi) is 3.73. The molecule has 3 nitrogen and oxygen atoms in total. The van der Waals surface area contributed by atoms with Crippen molar-refractivity contribution in [3.8, 4) is 0 Å². The normalized spacial score (nSPS) is 10.8. The lowest BCUT2D eigenvalue weighted by Gasteiger charge is -2.08. The number of benzene rings is 2. The largest absolute Gasteiger partial charge is 0.369 e. The lowest BCUT2D eigenvalue weighted by molar-refractivity contribution is 0.627. The van der Waals surface area contributed by atoms with Crippen LogP contribution in [-0.2, 0) is 6.42 Å². The zero-order chi connectivity index (χ0) is 14.7. The van der Waals surface area contributed by atoms with Gasteiger partial charge in [-0.15, -0.1) is 0 Å². The molecule has 0 saturated heterocycles. The van der Waals surface area contributed by atoms with Gasteiger partial charge in [-0.3, -0.25) is 0 Å². The van der Waals surface area contributed by atoms with Gasteiger partial charge in [-0.1, -0.05) is 18.2 Å². The second-order valence-corrected chi connectivity index (χ2v) is 4.66. The second-order valence-electron chi connectivity index (χ2n) is 4.66. The molecule has 0 atom stereocenters. The third kappa shape index (κ3) is 2.97. The molecule has 0 fully saturated rings. The smallest absolute Gasteiger partial charge is 0.140 e. The van der Waals surface area contributed by atoms with Gasteiger partial charge in [0.05, 0.1) is 10.9 Å². The maximum Gasteiger partial charge on any atom is 0.140 e. The fourth-order valence-corrected chi connectivity index (χ4v) is 2.18. The molecule has 0 aliphatic rings. The van der Waals surface area contributed by atoms with Gasteiger partial charge in [0.15, 0.2) is 0 Å². The summed E-state index contributed by atoms with van der Waals surface area (Å²) in [6, 6.07) is 11.1. The molecule has 0 aliphatic carbocycles. The van der Waals surface area contributed by atoms with Gasteiger partial charge in [-0.05, 0) is 36.2 Å². The molecular formula is C16H13F2N3. The highest BCUT2D eigenvalue weighted by Gasteiger charge is 2.07. The highest BCUT2D eigenvalue weighted by molar-refractivity contribution is 5.89. The van der Waals surface area contributed by atoms with Crippen LogP contribution in [0.15, 0.2) is 48.8 Å². The maximum absolute atomic E-state index is 13.9. The van der Waals surface area contributed by atoms with Crippen LogP contribution in [0.5, 0.6) is 0 Å². The van der Waals surface area contributed by atoms with E-state index < -0.39 is 0 Å². The lowest BCUT2D eigenvalue weighted by atomic mass is 10.1. The van der Waals surface area contributed by atoms with E-state index in [-0.39, 0.29) is 11.6 Å². The molecule has 2 aromatic carbocycles. The molecule has 0 spiro atoms. The topological polar surface area (TPSA) is 37.8 Å². The van der Waals surface area contributed by atoms with E-state index in [0.29, 0.717) is 29.7 Å². The van der Waals surface area contributed by atoms with Crippen LogP contribution in [0.1, 0.15) is 5.56 Å². The zero-order valence-electron chi connectivity index (χ0n) is 11.2. The molecule has 3 aromatic rings. The first-order chi connectivity index (χ1) is 10.2. The van der Waals surface area contributed by atoms with Crippen molar-refractivity contribution in [2.45, 2.75) is 6.42 Å². The molecule has 0 unspecified atom stereocenters. The summed E-state index contributed by atoms with van der Waals surface area (Å²) >= 11 is 0. The Morgan fingerprint density at radius 2 is 1.76 bits per heavy atom. The standard InChI is InChI=1S/C16H13F2N3/c17-12-6-4-11(5-7-12)8-9-19-16-15-13(18)2-1-3-14(15)20-10-21-16/h1-7,10H,8-9H2,(H,19,20,21). The zero-order valence-corrected chi connectivity index (χ0v) is 11.2. The number of hydrogen-bond acceptors (Lipinski definition) is 3. The van der Waals surface area contributed by atoms with E-state index >= 15 is 0 Å². The number of halogens is 2. The quantitative estimate of drug-likeness (QED) is 0.796. The second kappa shape index (κ2) is 5.83. The summed E-state index contributed by atoms with van der Waals surface area (Å²) < 4.78 is 26.7. The number of rotatable bonds is 4. The Hall–Kier alpha value is -2.56. The first-order valence-corrected chi connectivity index (χ1v) is 6.61. The molecule has 1 heterocycles. The number of hydrogen-bond donors (Lipinski definition) is 1. The summed E-state index contributed by atoms with van der Waals surface area (Å²) in [5, 5.41) is 3.49. The first-order valence-electron chi connectivity index (χ1n) is 6.61. The average Bonchev–Trinajstić information content (AvgIpc) is 2.50. The van der Waals surface area contributed by atoms with Crippen molar-refractivity contribution in [2.75, 3.05) is 11.9 Å². The number of aromatic nitrogens is 2. The van der Waals surface area contributed by atoms with Crippen LogP contribution in [0.3, 0.4) is 0 Å². The first kappa shape index (κ1) is 13.4. The molecule has 0 bridgehead atoms. The summed E-state index contributed by atoms with van der Waals surface area (Å²) in [6.45, 7) is 0.575. The molecule has 5 heteroatoms. The van der Waals surface area contributed by atoms with Crippen molar-refractivity contribution < 1.29 is 8.78 Å². The van der Waals surface area contributed by atoms with Gasteiger partial charge in [0, 0.05) is 6.54 Å². The monoisotopic (exact) mass is 285 g/mol. The number of anilines is 1. The van der Waals surface area contributed by atoms with Gasteiger partial charge < -0.3 is 5.32 Å². The van der Waals surface area contributed by atoms with E-state index in [2.05, 4.69) is 15.3 Å². The van der Waals surface area contributed by atoms with E-state index in [9.17, 15) is 8.78 Å². The van der Waals surface area contributed by atoms with Crippen LogP contribution in [0.4, 0.5) is 14.6 Å². The van der Waals surface area contributed by atoms with Crippen molar-refractivity contribution in [1.82, 2.24) is 9.97 Å². The van der Waals surface area contributed by atoms with Crippen molar-refractivity contribution in [1.29, 1.82) is 0 Å². The molecule has 3 rings (SSSR count). The Morgan fingerprint density at radius 3 is 2.57 bits per heavy atom. The fraction of sp³-hybridized carbons (Fsp3) is 0.125. The summed E-state index contributed by atoms with van der Waals surface area (Å²) in [5.41, 5.74) is 1.57. The highest BCUT2D eigenvalue weighted by atomic mass is 19.1. The van der Waals surface area contributed by atoms with E-state index in [1.807, 2.05) is 0 Å². The number of nitrogens with one attached hydrogen (secondary N) is 1. The van der Waals surface area contributed by atoms with Crippen molar-refractivity contribution in [3.63, 3.8) is 0 Å². The minimum Gasteiger partial charge on any atom is -0.369 e. The van der Waals surface area contributed by atoms with Crippen molar-refractivity contribution in [3.05, 3.63) is 66.0 Å². The van der Waals surface area contributed by atoms with Gasteiger partial charge >= 0.3 is 0 Å². The summed E-state index contributed by atoms with van der Waals surface area (Å²) in [4.78, 5) is 8.14. The van der Waals surface area contributed by atoms with Gasteiger partial charge in [-0.25, -0.2) is 18.7 Å². The van der Waals surface area contributed by atoms with E-state index in [4.69, 9.17) is 0 Å². The fourth-order valence-electron chi connectivity index (χ4n) is 2.18. The molecule has 106 valence electrons. The highest BCUT2D eigenvalue weighted by Crippen LogP contribution is 2.22. The summed E-state index contributed by atoms with van der Waals surface area (Å²) in [7, 11) is 0. The molecule has 0 saturated carbocycles. The lowest BCUT2D eigenvalue weighted by Crippen LogP contribution is -2.07. The summed E-state index contributed by atoms with van der Waals surface area (Å²) in [6.07, 6.45) is 2.10. The maximum atomic E-state index is 13.9. The van der Waals surface area contributed by atoms with E-state index in [0.717, 1.165) is 5.56 Å². The average molecular weight is 285 g/mol. The predicted octanol–water partition coefficient (Wildman–Crippen LogP) is 3.56. The third-order valence-corrected chi connectivity index (χ3v) is 3.23. The van der Waals surface area contributed by atoms with Crippen LogP contribution in [0.25, 0.3) is 10.9 Å². The van der Waals surface area contributed by atoms with Gasteiger partial charge in [0.1, 0.15) is 23.8 Å². The van der Waals surface area contributed by atoms with Gasteiger partial charge in [0.2, 0.25) is 0 Å². The molecule has 0 aliphatic heterocycles. The van der Waals surface area contributed by atoms with Crippen molar-refractivity contribution in [2.24, 2.45) is 0 Å². The van der Waals surface area contributed by atoms with Crippen LogP contribution in [0.2, 0.25) is 0 Å². The molecule has 1 aromatic heterocycles. The summed E-state index contributed by atoms with van der Waals surface area (Å²) in [5.74, 6) is -0.131. The van der Waals surface area contributed by atoms with E-state index in [1.165, 1.54) is 24.5 Å².